The van der Waals surface area contributed by atoms with E-state index in [9.17, 15) is 14.9 Å². The Morgan fingerprint density at radius 3 is 2.56 bits per heavy atom. The fraction of sp³-hybridized carbons (Fsp3) is 0.455. The molecule has 1 aromatic heterocycles. The van der Waals surface area contributed by atoms with Gasteiger partial charge in [-0.3, -0.25) is 4.90 Å². The predicted octanol–water partition coefficient (Wildman–Crippen LogP) is 0.311. The van der Waals surface area contributed by atoms with Crippen LogP contribution in [0.25, 0.3) is 0 Å². The summed E-state index contributed by atoms with van der Waals surface area (Å²) in [6, 6.07) is 3.12. The lowest BCUT2D eigenvalue weighted by Crippen LogP contribution is -2.46. The molecule has 0 aliphatic carbocycles. The quantitative estimate of drug-likeness (QED) is 0.434. The average molecular weight is 250 g/mol. The molecule has 0 bridgehead atoms. The molecule has 0 aromatic carbocycles. The van der Waals surface area contributed by atoms with Gasteiger partial charge >= 0.3 is 5.82 Å². The fourth-order valence-electron chi connectivity index (χ4n) is 1.97. The first-order valence-corrected chi connectivity index (χ1v) is 5.72. The van der Waals surface area contributed by atoms with Gasteiger partial charge in [-0.15, -0.1) is 0 Å². The van der Waals surface area contributed by atoms with E-state index in [4.69, 9.17) is 0 Å². The van der Waals surface area contributed by atoms with Crippen LogP contribution in [-0.4, -0.2) is 53.8 Å². The van der Waals surface area contributed by atoms with Crippen LogP contribution in [0.5, 0.6) is 0 Å². The number of hydrogen-bond donors (Lipinski definition) is 0. The van der Waals surface area contributed by atoms with E-state index in [1.165, 1.54) is 12.3 Å². The Kier molecular flexibility index (Phi) is 3.83. The van der Waals surface area contributed by atoms with Crippen LogP contribution in [0, 0.1) is 10.1 Å². The molecular weight excluding hydrogens is 236 g/mol. The highest BCUT2D eigenvalue weighted by Crippen LogP contribution is 2.17. The number of aldehydes is 1. The first-order valence-electron chi connectivity index (χ1n) is 5.72. The zero-order valence-electron chi connectivity index (χ0n) is 9.86. The van der Waals surface area contributed by atoms with Crippen LogP contribution in [0.15, 0.2) is 18.3 Å². The molecule has 18 heavy (non-hydrogen) atoms. The summed E-state index contributed by atoms with van der Waals surface area (Å²) in [5.41, 5.74) is 0.881. The maximum absolute atomic E-state index is 10.5. The normalized spacial score (nSPS) is 16.6. The number of carbonyl (C=O) groups is 1. The Bertz CT molecular complexity index is 426. The summed E-state index contributed by atoms with van der Waals surface area (Å²) in [6.07, 6.45) is 2.43. The largest absolute Gasteiger partial charge is 0.366 e. The van der Waals surface area contributed by atoms with Gasteiger partial charge in [0.2, 0.25) is 0 Å². The molecule has 0 radical (unpaired) electrons. The molecule has 96 valence electrons. The minimum Gasteiger partial charge on any atom is -0.366 e. The highest BCUT2D eigenvalue weighted by molar-refractivity contribution is 5.52. The number of hydrogen-bond acceptors (Lipinski definition) is 6. The second-order valence-electron chi connectivity index (χ2n) is 4.09. The first kappa shape index (κ1) is 12.4. The van der Waals surface area contributed by atoms with Crippen molar-refractivity contribution in [3.63, 3.8) is 0 Å². The molecule has 1 aliphatic rings. The van der Waals surface area contributed by atoms with E-state index in [0.717, 1.165) is 38.2 Å². The summed E-state index contributed by atoms with van der Waals surface area (Å²) in [5.74, 6) is -0.140. The molecule has 1 aromatic rings. The van der Waals surface area contributed by atoms with E-state index in [1.807, 2.05) is 0 Å². The van der Waals surface area contributed by atoms with Crippen molar-refractivity contribution in [3.05, 3.63) is 28.4 Å². The molecule has 1 fully saturated rings. The van der Waals surface area contributed by atoms with Gasteiger partial charge in [0, 0.05) is 32.2 Å². The predicted molar refractivity (Wildman–Crippen MR) is 65.6 cm³/mol. The average Bonchev–Trinajstić information content (AvgIpc) is 2.40. The monoisotopic (exact) mass is 250 g/mol. The smallest absolute Gasteiger partial charge is 0.363 e. The van der Waals surface area contributed by atoms with Gasteiger partial charge < -0.3 is 19.8 Å². The standard InChI is InChI=1S/C11H14N4O3/c16-8-7-13-3-5-14(6-4-13)10-1-2-11(12-9-10)15(17)18/h1-2,8-9H,3-7H2. The van der Waals surface area contributed by atoms with Crippen molar-refractivity contribution >= 4 is 17.8 Å². The number of carbonyl (C=O) groups excluding carboxylic acids is 1. The van der Waals surface area contributed by atoms with E-state index in [0.29, 0.717) is 6.54 Å². The van der Waals surface area contributed by atoms with Gasteiger partial charge in [0.05, 0.1) is 12.2 Å². The molecule has 2 rings (SSSR count). The maximum Gasteiger partial charge on any atom is 0.363 e. The molecule has 7 heteroatoms. The lowest BCUT2D eigenvalue weighted by atomic mass is 10.2. The van der Waals surface area contributed by atoms with E-state index in [-0.39, 0.29) is 5.82 Å². The Morgan fingerprint density at radius 2 is 2.06 bits per heavy atom. The van der Waals surface area contributed by atoms with Crippen LogP contribution in [0.3, 0.4) is 0 Å². The summed E-state index contributed by atoms with van der Waals surface area (Å²) >= 11 is 0. The van der Waals surface area contributed by atoms with Crippen LogP contribution < -0.4 is 4.90 Å². The van der Waals surface area contributed by atoms with Gasteiger partial charge in [-0.1, -0.05) is 0 Å². The van der Waals surface area contributed by atoms with Crippen LogP contribution in [0.1, 0.15) is 0 Å². The highest BCUT2D eigenvalue weighted by atomic mass is 16.6. The summed E-state index contributed by atoms with van der Waals surface area (Å²) in [5, 5.41) is 10.5. The van der Waals surface area contributed by atoms with E-state index in [2.05, 4.69) is 14.8 Å². The van der Waals surface area contributed by atoms with Crippen molar-refractivity contribution in [1.82, 2.24) is 9.88 Å². The Hall–Kier alpha value is -2.02. The van der Waals surface area contributed by atoms with Crippen molar-refractivity contribution in [3.8, 4) is 0 Å². The van der Waals surface area contributed by atoms with E-state index in [1.54, 1.807) is 6.07 Å². The lowest BCUT2D eigenvalue weighted by Gasteiger charge is -2.34. The second-order valence-corrected chi connectivity index (χ2v) is 4.09. The third-order valence-corrected chi connectivity index (χ3v) is 2.99. The number of piperazine rings is 1. The molecule has 0 unspecified atom stereocenters. The summed E-state index contributed by atoms with van der Waals surface area (Å²) in [7, 11) is 0. The van der Waals surface area contributed by atoms with Gasteiger partial charge in [0.25, 0.3) is 0 Å². The second kappa shape index (κ2) is 5.54. The Balaban J connectivity index is 1.97. The summed E-state index contributed by atoms with van der Waals surface area (Å²) in [6.45, 7) is 3.69. The number of anilines is 1. The van der Waals surface area contributed by atoms with Crippen LogP contribution in [0.4, 0.5) is 11.5 Å². The Morgan fingerprint density at radius 1 is 1.33 bits per heavy atom. The third-order valence-electron chi connectivity index (χ3n) is 2.99. The van der Waals surface area contributed by atoms with E-state index >= 15 is 0 Å². The highest BCUT2D eigenvalue weighted by Gasteiger charge is 2.18. The van der Waals surface area contributed by atoms with Gasteiger partial charge in [-0.25, -0.2) is 0 Å². The minimum atomic E-state index is -0.508. The fourth-order valence-corrected chi connectivity index (χ4v) is 1.97. The zero-order chi connectivity index (χ0) is 13.0. The van der Waals surface area contributed by atoms with Crippen molar-refractivity contribution in [2.24, 2.45) is 0 Å². The Labute approximate surface area is 104 Å². The molecule has 0 spiro atoms. The SMILES string of the molecule is O=CCN1CCN(c2ccc([N+](=O)[O-])nc2)CC1. The van der Waals surface area contributed by atoms with Crippen LogP contribution in [-0.2, 0) is 4.79 Å². The first-order chi connectivity index (χ1) is 8.70. The molecule has 1 saturated heterocycles. The van der Waals surface area contributed by atoms with Gasteiger partial charge in [-0.2, -0.15) is 0 Å². The van der Waals surface area contributed by atoms with Crippen molar-refractivity contribution < 1.29 is 9.72 Å². The summed E-state index contributed by atoms with van der Waals surface area (Å²) in [4.78, 5) is 28.4. The molecule has 0 N–H and O–H groups in total. The minimum absolute atomic E-state index is 0.140. The molecule has 0 amide bonds. The molecule has 1 aliphatic heterocycles. The number of pyridine rings is 1. The van der Waals surface area contributed by atoms with Crippen molar-refractivity contribution in [2.45, 2.75) is 0 Å². The molecule has 0 saturated carbocycles. The number of aromatic nitrogens is 1. The third kappa shape index (κ3) is 2.80. The lowest BCUT2D eigenvalue weighted by molar-refractivity contribution is -0.389. The molecular formula is C11H14N4O3. The summed E-state index contributed by atoms with van der Waals surface area (Å²) < 4.78 is 0. The number of nitrogens with zero attached hydrogens (tertiary/aromatic N) is 4. The molecule has 2 heterocycles. The van der Waals surface area contributed by atoms with Gasteiger partial charge in [0.15, 0.2) is 6.20 Å². The van der Waals surface area contributed by atoms with Crippen molar-refractivity contribution in [2.75, 3.05) is 37.6 Å². The van der Waals surface area contributed by atoms with Crippen LogP contribution in [0.2, 0.25) is 0 Å². The topological polar surface area (TPSA) is 79.6 Å². The molecule has 7 nitrogen and oxygen atoms in total. The van der Waals surface area contributed by atoms with Crippen molar-refractivity contribution in [1.29, 1.82) is 0 Å². The number of nitro groups is 1. The van der Waals surface area contributed by atoms with Crippen LogP contribution >= 0.6 is 0 Å². The molecule has 0 atom stereocenters. The zero-order valence-corrected chi connectivity index (χ0v) is 9.86. The maximum atomic E-state index is 10.5. The van der Waals surface area contributed by atoms with Gasteiger partial charge in [0.1, 0.15) is 6.29 Å². The number of rotatable bonds is 4. The van der Waals surface area contributed by atoms with Gasteiger partial charge in [-0.05, 0) is 16.0 Å². The van der Waals surface area contributed by atoms with E-state index < -0.39 is 4.92 Å².